The quantitative estimate of drug-likeness (QED) is 0.132. The van der Waals surface area contributed by atoms with Crippen LogP contribution < -0.4 is 14.8 Å². The van der Waals surface area contributed by atoms with Crippen molar-refractivity contribution >= 4 is 35.3 Å². The lowest BCUT2D eigenvalue weighted by molar-refractivity contribution is -0.191. The average Bonchev–Trinajstić information content (AvgIpc) is 3.06. The Morgan fingerprint density at radius 3 is 1.84 bits per heavy atom. The van der Waals surface area contributed by atoms with Crippen molar-refractivity contribution in [2.45, 2.75) is 78.9 Å². The predicted molar refractivity (Wildman–Crippen MR) is 190 cm³/mol. The van der Waals surface area contributed by atoms with E-state index in [2.05, 4.69) is 5.32 Å². The fourth-order valence-corrected chi connectivity index (χ4v) is 5.59. The van der Waals surface area contributed by atoms with Crippen LogP contribution in [0.2, 0.25) is 10.0 Å². The van der Waals surface area contributed by atoms with Gasteiger partial charge in [-0.15, -0.1) is 0 Å². The van der Waals surface area contributed by atoms with Crippen LogP contribution in [0.25, 0.3) is 11.1 Å². The Labute approximate surface area is 305 Å². The third-order valence-electron chi connectivity index (χ3n) is 8.08. The molecule has 272 valence electrons. The summed E-state index contributed by atoms with van der Waals surface area (Å²) in [5, 5.41) is 13.1. The number of benzene rings is 4. The molecular weight excluding hydrogens is 706 g/mol. The fourth-order valence-electron chi connectivity index (χ4n) is 5.03. The fraction of sp³-hybridized carbons (Fsp3) is 0.333. The van der Waals surface area contributed by atoms with Crippen LogP contribution in [0.1, 0.15) is 67.5 Å². The monoisotopic (exact) mass is 745 g/mol. The van der Waals surface area contributed by atoms with Crippen LogP contribution in [0.5, 0.6) is 11.5 Å². The van der Waals surface area contributed by atoms with Gasteiger partial charge in [-0.3, -0.25) is 10.1 Å². The Morgan fingerprint density at radius 2 is 1.35 bits per heavy atom. The van der Waals surface area contributed by atoms with Gasteiger partial charge in [0.05, 0.1) is 15.6 Å². The number of hydrogen-bond acceptors (Lipinski definition) is 6. The van der Waals surface area contributed by atoms with Gasteiger partial charge in [0, 0.05) is 28.8 Å². The lowest BCUT2D eigenvalue weighted by Gasteiger charge is -2.21. The van der Waals surface area contributed by atoms with E-state index in [0.29, 0.717) is 62.5 Å². The lowest BCUT2D eigenvalue weighted by Crippen LogP contribution is -2.46. The Balaban J connectivity index is 0.00000226. The van der Waals surface area contributed by atoms with E-state index in [9.17, 15) is 23.1 Å². The highest BCUT2D eigenvalue weighted by Crippen LogP contribution is 2.40. The zero-order chi connectivity index (χ0) is 37.9. The van der Waals surface area contributed by atoms with Gasteiger partial charge < -0.3 is 14.6 Å². The SMILES string of the molecule is Cc1cc(CNC(C)(C)C(=O)O)ccc1OCc1cccc(-c2cccc(COc3ccc(CCC(C)C)cc3C(F)(F)F)c2Cl)c1Cl.O=C=O. The molecular formula is C39H40Cl2F3NO6. The predicted octanol–water partition coefficient (Wildman–Crippen LogP) is 10.1. The first kappa shape index (κ1) is 41.1. The molecule has 2 N–H and O–H groups in total. The van der Waals surface area contributed by atoms with Gasteiger partial charge in [0.15, 0.2) is 0 Å². The molecule has 0 aliphatic rings. The van der Waals surface area contributed by atoms with Crippen molar-refractivity contribution < 1.29 is 42.1 Å². The standard InChI is InChI=1S/C38H40Cl2F3NO4.CO2/c1-23(2)12-13-25-14-17-33(31(19-25)38(41,42)43)48-22-28-9-7-11-30(35(28)40)29-10-6-8-27(34(29)39)21-47-32-16-15-26(18-24(32)3)20-44-37(4,5)36(45)46;2-1-3/h6-11,14-19,23,44H,12-13,20-22H2,1-5H3,(H,45,46);. The zero-order valence-corrected chi connectivity index (χ0v) is 30.4. The molecule has 0 fully saturated rings. The van der Waals surface area contributed by atoms with E-state index in [1.54, 1.807) is 38.1 Å². The zero-order valence-electron chi connectivity index (χ0n) is 28.9. The van der Waals surface area contributed by atoms with Crippen LogP contribution in [0.4, 0.5) is 13.2 Å². The van der Waals surface area contributed by atoms with Gasteiger partial charge in [0.1, 0.15) is 30.3 Å². The van der Waals surface area contributed by atoms with Crippen molar-refractivity contribution in [1.82, 2.24) is 5.32 Å². The molecule has 4 aromatic carbocycles. The number of aryl methyl sites for hydroxylation is 2. The van der Waals surface area contributed by atoms with Crippen LogP contribution in [0.15, 0.2) is 72.8 Å². The minimum Gasteiger partial charge on any atom is -0.489 e. The van der Waals surface area contributed by atoms with E-state index < -0.39 is 23.2 Å². The first-order valence-corrected chi connectivity index (χ1v) is 16.8. The molecule has 0 aliphatic heterocycles. The Morgan fingerprint density at radius 1 is 0.843 bits per heavy atom. The molecule has 4 aromatic rings. The molecule has 0 bridgehead atoms. The summed E-state index contributed by atoms with van der Waals surface area (Å²) in [6.07, 6.45) is -2.98. The second kappa shape index (κ2) is 18.2. The first-order valence-electron chi connectivity index (χ1n) is 16.1. The maximum atomic E-state index is 14.0. The summed E-state index contributed by atoms with van der Waals surface area (Å²) in [5.41, 5.74) is 3.03. The number of alkyl halides is 3. The van der Waals surface area contributed by atoms with Gasteiger partial charge in [-0.2, -0.15) is 22.8 Å². The summed E-state index contributed by atoms with van der Waals surface area (Å²) < 4.78 is 53.7. The summed E-state index contributed by atoms with van der Waals surface area (Å²) in [6, 6.07) is 20.6. The van der Waals surface area contributed by atoms with Gasteiger partial charge in [-0.1, -0.05) is 91.6 Å². The average molecular weight is 747 g/mol. The van der Waals surface area contributed by atoms with Crippen LogP contribution in [0.3, 0.4) is 0 Å². The van der Waals surface area contributed by atoms with Gasteiger partial charge in [0.2, 0.25) is 0 Å². The number of ether oxygens (including phenoxy) is 2. The van der Waals surface area contributed by atoms with E-state index in [0.717, 1.165) is 17.5 Å². The van der Waals surface area contributed by atoms with Gasteiger partial charge in [-0.25, -0.2) is 0 Å². The summed E-state index contributed by atoms with van der Waals surface area (Å²) in [7, 11) is 0. The molecule has 7 nitrogen and oxygen atoms in total. The molecule has 0 aliphatic carbocycles. The maximum Gasteiger partial charge on any atom is 0.419 e. The van der Waals surface area contributed by atoms with Crippen molar-refractivity contribution in [2.75, 3.05) is 0 Å². The number of carbonyl (C=O) groups is 1. The van der Waals surface area contributed by atoms with E-state index in [-0.39, 0.29) is 25.1 Å². The van der Waals surface area contributed by atoms with Crippen LogP contribution in [-0.2, 0) is 46.7 Å². The summed E-state index contributed by atoms with van der Waals surface area (Å²) in [4.78, 5) is 27.6. The third kappa shape index (κ3) is 11.6. The highest BCUT2D eigenvalue weighted by atomic mass is 35.5. The second-order valence-corrected chi connectivity index (χ2v) is 13.6. The molecule has 0 radical (unpaired) electrons. The van der Waals surface area contributed by atoms with Gasteiger partial charge in [-0.05, 0) is 74.4 Å². The summed E-state index contributed by atoms with van der Waals surface area (Å²) in [6.45, 7) is 9.58. The van der Waals surface area contributed by atoms with Crippen molar-refractivity contribution in [2.24, 2.45) is 5.92 Å². The van der Waals surface area contributed by atoms with E-state index in [4.69, 9.17) is 42.3 Å². The minimum absolute atomic E-state index is 0.167. The Hall–Kier alpha value is -4.34. The molecule has 0 aromatic heterocycles. The largest absolute Gasteiger partial charge is 0.489 e. The number of halogens is 5. The van der Waals surface area contributed by atoms with E-state index >= 15 is 0 Å². The van der Waals surface area contributed by atoms with Crippen LogP contribution >= 0.6 is 23.2 Å². The second-order valence-electron chi connectivity index (χ2n) is 12.9. The first-order chi connectivity index (χ1) is 24.0. The number of carbonyl (C=O) groups excluding carboxylic acids is 2. The Kier molecular flexibility index (Phi) is 14.7. The molecule has 0 atom stereocenters. The highest BCUT2D eigenvalue weighted by Gasteiger charge is 2.35. The molecule has 0 unspecified atom stereocenters. The number of carboxylic acid groups (broad SMARTS) is 1. The van der Waals surface area contributed by atoms with Crippen molar-refractivity contribution in [3.05, 3.63) is 116 Å². The van der Waals surface area contributed by atoms with E-state index in [1.165, 1.54) is 12.1 Å². The molecule has 0 saturated carbocycles. The number of carboxylic acids is 1. The number of aliphatic carboxylic acids is 1. The number of hydrogen-bond donors (Lipinski definition) is 2. The van der Waals surface area contributed by atoms with Crippen LogP contribution in [-0.4, -0.2) is 22.8 Å². The minimum atomic E-state index is -4.57. The topological polar surface area (TPSA) is 102 Å². The van der Waals surface area contributed by atoms with Crippen molar-refractivity contribution in [3.8, 4) is 22.6 Å². The third-order valence-corrected chi connectivity index (χ3v) is 8.97. The molecule has 0 saturated heterocycles. The number of nitrogens with one attached hydrogen (secondary N) is 1. The van der Waals surface area contributed by atoms with Crippen LogP contribution in [0, 0.1) is 12.8 Å². The van der Waals surface area contributed by atoms with Gasteiger partial charge >= 0.3 is 18.3 Å². The normalized spacial score (nSPS) is 11.4. The van der Waals surface area contributed by atoms with Crippen molar-refractivity contribution in [3.63, 3.8) is 0 Å². The Bertz CT molecular complexity index is 1850. The maximum absolute atomic E-state index is 14.0. The molecule has 0 amide bonds. The van der Waals surface area contributed by atoms with Crippen molar-refractivity contribution in [1.29, 1.82) is 0 Å². The highest BCUT2D eigenvalue weighted by molar-refractivity contribution is 6.37. The summed E-state index contributed by atoms with van der Waals surface area (Å²) >= 11 is 13.7. The molecule has 4 rings (SSSR count). The number of rotatable bonds is 14. The molecule has 12 heteroatoms. The molecule has 51 heavy (non-hydrogen) atoms. The lowest BCUT2D eigenvalue weighted by atomic mass is 10.00. The van der Waals surface area contributed by atoms with Gasteiger partial charge in [0.25, 0.3) is 0 Å². The smallest absolute Gasteiger partial charge is 0.419 e. The van der Waals surface area contributed by atoms with E-state index in [1.807, 2.05) is 57.2 Å². The molecule has 0 heterocycles. The molecule has 0 spiro atoms. The summed E-state index contributed by atoms with van der Waals surface area (Å²) in [5.74, 6) is -0.153.